The van der Waals surface area contributed by atoms with Crippen LogP contribution in [0, 0.1) is 6.92 Å². The Morgan fingerprint density at radius 3 is 2.68 bits per heavy atom. The molecule has 1 fully saturated rings. The topological polar surface area (TPSA) is 112 Å². The maximum Gasteiger partial charge on any atom is 0.325 e. The summed E-state index contributed by atoms with van der Waals surface area (Å²) in [5.41, 5.74) is -0.322. The van der Waals surface area contributed by atoms with Gasteiger partial charge < -0.3 is 14.6 Å². The minimum absolute atomic E-state index is 0.0273. The summed E-state index contributed by atoms with van der Waals surface area (Å²) >= 11 is 0. The zero-order valence-corrected chi connectivity index (χ0v) is 14.7. The molecule has 1 amide bonds. The van der Waals surface area contributed by atoms with Crippen LogP contribution >= 0.6 is 0 Å². The molecule has 0 aliphatic carbocycles. The zero-order chi connectivity index (χ0) is 18.4. The van der Waals surface area contributed by atoms with Crippen molar-refractivity contribution in [2.75, 3.05) is 13.2 Å². The molecular formula is C17H25N3O5. The molecule has 0 spiro atoms. The van der Waals surface area contributed by atoms with Gasteiger partial charge in [0.25, 0.3) is 11.5 Å². The van der Waals surface area contributed by atoms with Crippen LogP contribution in [-0.4, -0.2) is 45.9 Å². The molecule has 1 aromatic heterocycles. The van der Waals surface area contributed by atoms with Crippen LogP contribution in [0.25, 0.3) is 0 Å². The van der Waals surface area contributed by atoms with Crippen molar-refractivity contribution < 1.29 is 14.3 Å². The smallest absolute Gasteiger partial charge is 0.325 e. The first-order chi connectivity index (χ1) is 11.9. The van der Waals surface area contributed by atoms with E-state index in [1.807, 2.05) is 6.92 Å². The van der Waals surface area contributed by atoms with E-state index >= 15 is 0 Å². The van der Waals surface area contributed by atoms with Gasteiger partial charge in [0.05, 0.1) is 0 Å². The lowest BCUT2D eigenvalue weighted by Gasteiger charge is -2.35. The summed E-state index contributed by atoms with van der Waals surface area (Å²) in [6.45, 7) is 4.09. The molecule has 138 valence electrons. The second-order valence-electron chi connectivity index (χ2n) is 6.32. The van der Waals surface area contributed by atoms with Gasteiger partial charge >= 0.3 is 11.7 Å². The molecule has 0 radical (unpaired) electrons. The molecule has 1 aromatic rings. The number of aromatic amines is 2. The van der Waals surface area contributed by atoms with E-state index < -0.39 is 17.2 Å². The highest BCUT2D eigenvalue weighted by atomic mass is 16.5. The van der Waals surface area contributed by atoms with Crippen LogP contribution in [0.15, 0.2) is 9.59 Å². The third kappa shape index (κ3) is 5.04. The van der Waals surface area contributed by atoms with Crippen LogP contribution in [0.4, 0.5) is 0 Å². The molecule has 0 aromatic carbocycles. The van der Waals surface area contributed by atoms with Crippen LogP contribution in [0.1, 0.15) is 50.3 Å². The number of ether oxygens (including phenoxy) is 1. The third-order valence-electron chi connectivity index (χ3n) is 4.61. The molecule has 1 aliphatic heterocycles. The molecule has 1 saturated heterocycles. The first kappa shape index (κ1) is 19.0. The predicted octanol–water partition coefficient (Wildman–Crippen LogP) is 0.639. The summed E-state index contributed by atoms with van der Waals surface area (Å²) in [6.07, 6.45) is 4.10. The van der Waals surface area contributed by atoms with Gasteiger partial charge in [-0.15, -0.1) is 0 Å². The molecule has 8 heteroatoms. The van der Waals surface area contributed by atoms with Crippen LogP contribution in [0.2, 0.25) is 0 Å². The Morgan fingerprint density at radius 1 is 1.24 bits per heavy atom. The second-order valence-corrected chi connectivity index (χ2v) is 6.32. The van der Waals surface area contributed by atoms with Crippen molar-refractivity contribution in [3.05, 3.63) is 32.1 Å². The fourth-order valence-electron chi connectivity index (χ4n) is 3.20. The maximum atomic E-state index is 12.2. The lowest BCUT2D eigenvalue weighted by molar-refractivity contribution is -0.153. The van der Waals surface area contributed by atoms with E-state index in [1.165, 1.54) is 0 Å². The van der Waals surface area contributed by atoms with Gasteiger partial charge in [-0.05, 0) is 39.0 Å². The number of rotatable bonds is 6. The van der Waals surface area contributed by atoms with Crippen LogP contribution in [0.5, 0.6) is 0 Å². The number of aryl methyl sites for hydroxylation is 1. The maximum absolute atomic E-state index is 12.2. The Labute approximate surface area is 145 Å². The summed E-state index contributed by atoms with van der Waals surface area (Å²) in [5, 5.41) is 0. The molecule has 2 rings (SSSR count). The quantitative estimate of drug-likeness (QED) is 0.730. The van der Waals surface area contributed by atoms with E-state index in [9.17, 15) is 19.2 Å². The van der Waals surface area contributed by atoms with Crippen LogP contribution in [-0.2, 0) is 20.7 Å². The Balaban J connectivity index is 1.84. The largest absolute Gasteiger partial charge is 0.456 e. The SMILES string of the molecule is CC[C@@H]1CCCCN1C(=O)COC(=O)CCc1c(C)[nH]c(=O)[nH]c1=O. The minimum Gasteiger partial charge on any atom is -0.456 e. The van der Waals surface area contributed by atoms with Crippen molar-refractivity contribution in [1.29, 1.82) is 0 Å². The van der Waals surface area contributed by atoms with Gasteiger partial charge in [-0.2, -0.15) is 0 Å². The van der Waals surface area contributed by atoms with Crippen molar-refractivity contribution in [3.8, 4) is 0 Å². The second kappa shape index (κ2) is 8.64. The van der Waals surface area contributed by atoms with Gasteiger partial charge in [0.15, 0.2) is 6.61 Å². The van der Waals surface area contributed by atoms with Crippen molar-refractivity contribution >= 4 is 11.9 Å². The van der Waals surface area contributed by atoms with E-state index in [0.717, 1.165) is 25.7 Å². The number of nitrogens with one attached hydrogen (secondary N) is 2. The number of likely N-dealkylation sites (tertiary alicyclic amines) is 1. The van der Waals surface area contributed by atoms with E-state index in [2.05, 4.69) is 9.97 Å². The number of nitrogens with zero attached hydrogens (tertiary/aromatic N) is 1. The van der Waals surface area contributed by atoms with Crippen molar-refractivity contribution in [1.82, 2.24) is 14.9 Å². The highest BCUT2D eigenvalue weighted by Crippen LogP contribution is 2.19. The summed E-state index contributed by atoms with van der Waals surface area (Å²) in [7, 11) is 0. The van der Waals surface area contributed by atoms with Crippen LogP contribution < -0.4 is 11.2 Å². The van der Waals surface area contributed by atoms with Gasteiger partial charge in [0.1, 0.15) is 0 Å². The molecule has 2 heterocycles. The number of amides is 1. The van der Waals surface area contributed by atoms with Gasteiger partial charge in [-0.1, -0.05) is 6.92 Å². The molecule has 25 heavy (non-hydrogen) atoms. The molecule has 8 nitrogen and oxygen atoms in total. The van der Waals surface area contributed by atoms with E-state index in [0.29, 0.717) is 17.8 Å². The van der Waals surface area contributed by atoms with Gasteiger partial charge in [0, 0.05) is 30.3 Å². The molecule has 1 aliphatic rings. The number of hydrogen-bond donors (Lipinski definition) is 2. The predicted molar refractivity (Wildman–Crippen MR) is 91.3 cm³/mol. The van der Waals surface area contributed by atoms with Gasteiger partial charge in [0.2, 0.25) is 0 Å². The number of carbonyl (C=O) groups excluding carboxylic acids is 2. The highest BCUT2D eigenvalue weighted by molar-refractivity contribution is 5.81. The molecule has 1 atom stereocenters. The van der Waals surface area contributed by atoms with Crippen molar-refractivity contribution in [3.63, 3.8) is 0 Å². The summed E-state index contributed by atoms with van der Waals surface area (Å²) in [5.74, 6) is -0.707. The average molecular weight is 351 g/mol. The Bertz CT molecular complexity index is 737. The van der Waals surface area contributed by atoms with Crippen LogP contribution in [0.3, 0.4) is 0 Å². The van der Waals surface area contributed by atoms with E-state index in [-0.39, 0.29) is 31.4 Å². The van der Waals surface area contributed by atoms with E-state index in [4.69, 9.17) is 4.74 Å². The first-order valence-corrected chi connectivity index (χ1v) is 8.69. The fourth-order valence-corrected chi connectivity index (χ4v) is 3.20. The lowest BCUT2D eigenvalue weighted by atomic mass is 10.00. The summed E-state index contributed by atoms with van der Waals surface area (Å²) < 4.78 is 5.06. The van der Waals surface area contributed by atoms with Crippen molar-refractivity contribution in [2.24, 2.45) is 0 Å². The molecule has 0 unspecified atom stereocenters. The highest BCUT2D eigenvalue weighted by Gasteiger charge is 2.25. The van der Waals surface area contributed by atoms with Gasteiger partial charge in [-0.3, -0.25) is 19.4 Å². The number of carbonyl (C=O) groups is 2. The zero-order valence-electron chi connectivity index (χ0n) is 14.7. The summed E-state index contributed by atoms with van der Waals surface area (Å²) in [6, 6.07) is 0.224. The standard InChI is InChI=1S/C17H25N3O5/c1-3-12-6-4-5-9-20(12)14(21)10-25-15(22)8-7-13-11(2)18-17(24)19-16(13)23/h12H,3-10H2,1-2H3,(H2,18,19,23,24)/t12-/m1/s1. The fraction of sp³-hybridized carbons (Fsp3) is 0.647. The molecule has 2 N–H and O–H groups in total. The Kier molecular flexibility index (Phi) is 6.55. The molecule has 0 bridgehead atoms. The normalized spacial score (nSPS) is 17.4. The number of esters is 1. The molecular weight excluding hydrogens is 326 g/mol. The van der Waals surface area contributed by atoms with Crippen molar-refractivity contribution in [2.45, 2.75) is 58.4 Å². The number of hydrogen-bond acceptors (Lipinski definition) is 5. The number of piperidine rings is 1. The minimum atomic E-state index is -0.577. The van der Waals surface area contributed by atoms with Gasteiger partial charge in [-0.25, -0.2) is 4.79 Å². The average Bonchev–Trinajstić information content (AvgIpc) is 2.58. The van der Waals surface area contributed by atoms with E-state index in [1.54, 1.807) is 11.8 Å². The lowest BCUT2D eigenvalue weighted by Crippen LogP contribution is -2.45. The Hall–Kier alpha value is -2.38. The Morgan fingerprint density at radius 2 is 2.00 bits per heavy atom. The summed E-state index contributed by atoms with van der Waals surface area (Å²) in [4.78, 5) is 53.4. The first-order valence-electron chi connectivity index (χ1n) is 8.69. The third-order valence-corrected chi connectivity index (χ3v) is 4.61. The molecule has 0 saturated carbocycles. The monoisotopic (exact) mass is 351 g/mol. The number of H-pyrrole nitrogens is 2. The number of aromatic nitrogens is 2.